The first-order valence-electron chi connectivity index (χ1n) is 19.3. The van der Waals surface area contributed by atoms with Gasteiger partial charge in [0.2, 0.25) is 11.8 Å². The minimum absolute atomic E-state index is 0.113. The second-order valence-corrected chi connectivity index (χ2v) is 15.0. The van der Waals surface area contributed by atoms with Gasteiger partial charge in [0.05, 0.1) is 49.2 Å². The Balaban J connectivity index is 1.34. The van der Waals surface area contributed by atoms with E-state index in [0.717, 1.165) is 71.3 Å². The molecule has 55 heavy (non-hydrogen) atoms. The highest BCUT2D eigenvalue weighted by Gasteiger charge is 2.38. The molecule has 4 aromatic rings. The van der Waals surface area contributed by atoms with E-state index in [1.54, 1.807) is 6.20 Å². The quantitative estimate of drug-likeness (QED) is 0.0857. The first-order chi connectivity index (χ1) is 26.4. The maximum atomic E-state index is 13.6. The van der Waals surface area contributed by atoms with E-state index < -0.39 is 24.3 Å². The van der Waals surface area contributed by atoms with Crippen molar-refractivity contribution >= 4 is 35.0 Å². The molecule has 0 bridgehead atoms. The first kappa shape index (κ1) is 40.8. The number of ether oxygens (including phenoxy) is 2. The minimum Gasteiger partial charge on any atom is -0.453 e. The maximum absolute atomic E-state index is 13.6. The fourth-order valence-corrected chi connectivity index (χ4v) is 7.39. The number of hydrogen-bond acceptors (Lipinski definition) is 8. The van der Waals surface area contributed by atoms with E-state index in [2.05, 4.69) is 58.0 Å². The van der Waals surface area contributed by atoms with Gasteiger partial charge in [-0.05, 0) is 65.8 Å². The van der Waals surface area contributed by atoms with Gasteiger partial charge < -0.3 is 40.3 Å². The van der Waals surface area contributed by atoms with Crippen LogP contribution in [-0.4, -0.2) is 81.7 Å². The zero-order chi connectivity index (χ0) is 39.8. The number of benzene rings is 2. The molecule has 5 atom stereocenters. The Kier molecular flexibility index (Phi) is 13.6. The number of nitrogens with one attached hydrogen (secondary N) is 5. The molecule has 0 aliphatic carbocycles. The van der Waals surface area contributed by atoms with E-state index in [-0.39, 0.29) is 41.7 Å². The Morgan fingerprint density at radius 1 is 0.855 bits per heavy atom. The van der Waals surface area contributed by atoms with E-state index in [1.807, 2.05) is 56.9 Å². The summed E-state index contributed by atoms with van der Waals surface area (Å²) in [6.45, 7) is 12.4. The summed E-state index contributed by atoms with van der Waals surface area (Å²) < 4.78 is 9.53. The van der Waals surface area contributed by atoms with Crippen LogP contribution in [0.2, 0.25) is 0 Å². The third kappa shape index (κ3) is 9.46. The molecule has 1 aliphatic heterocycles. The van der Waals surface area contributed by atoms with Gasteiger partial charge in [0.1, 0.15) is 23.7 Å². The third-order valence-electron chi connectivity index (χ3n) is 10.5. The lowest BCUT2D eigenvalue weighted by Crippen LogP contribution is -2.51. The molecule has 2 unspecified atom stereocenters. The molecule has 2 aromatic carbocycles. The Morgan fingerprint density at radius 3 is 2.11 bits per heavy atom. The standard InChI is InChI=1S/C41H56N8O6/c1-9-12-25(10-2)35(46-38(50)33(23(3)4)47-40(52)54-7)37-42-22-31(45-37)27-16-14-26(15-17-27)28-18-19-29-30(21-28)44-36(43-29)32-13-11-20-49(32)39(51)34(24(5)6)48-41(53)55-8/h14-19,21-25,32-35H,9-13,20H2,1-8H3,(H,42,45)(H,43,44)(H,46,50)(H,47,52)(H,48,53)/t25?,32-,33-,34-,35?/m0/s1. The van der Waals surface area contributed by atoms with Gasteiger partial charge in [0.25, 0.3) is 0 Å². The second-order valence-electron chi connectivity index (χ2n) is 15.0. The number of likely N-dealkylation sites (tertiary alicyclic amines) is 1. The van der Waals surface area contributed by atoms with Crippen molar-refractivity contribution in [3.63, 3.8) is 0 Å². The number of carbonyl (C=O) groups excluding carboxylic acids is 4. The van der Waals surface area contributed by atoms with Crippen molar-refractivity contribution in [2.45, 2.75) is 97.8 Å². The summed E-state index contributed by atoms with van der Waals surface area (Å²) in [5.41, 5.74) is 5.48. The zero-order valence-corrected chi connectivity index (χ0v) is 33.2. The van der Waals surface area contributed by atoms with Gasteiger partial charge in [-0.25, -0.2) is 19.6 Å². The van der Waals surface area contributed by atoms with Gasteiger partial charge in [-0.3, -0.25) is 9.59 Å². The number of imidazole rings is 2. The van der Waals surface area contributed by atoms with E-state index in [9.17, 15) is 19.2 Å². The SMILES string of the molecule is CCCC(CC)C(NC(=O)[C@@H](NC(=O)OC)C(C)C)c1ncc(-c2ccc(-c3ccc4nc([C@@H]5CCCN5C(=O)[C@@H](NC(=O)OC)C(C)C)[nH]c4c3)cc2)[nH]1. The molecular formula is C41H56N8O6. The molecule has 14 nitrogen and oxygen atoms in total. The average Bonchev–Trinajstić information content (AvgIpc) is 3.96. The molecule has 5 N–H and O–H groups in total. The average molecular weight is 757 g/mol. The largest absolute Gasteiger partial charge is 0.453 e. The number of alkyl carbamates (subject to hydrolysis) is 2. The lowest BCUT2D eigenvalue weighted by atomic mass is 9.91. The molecule has 0 spiro atoms. The number of amides is 4. The van der Waals surface area contributed by atoms with Crippen LogP contribution in [0.1, 0.15) is 97.4 Å². The van der Waals surface area contributed by atoms with Crippen LogP contribution in [0.25, 0.3) is 33.4 Å². The van der Waals surface area contributed by atoms with Crippen LogP contribution < -0.4 is 16.0 Å². The van der Waals surface area contributed by atoms with Gasteiger partial charge in [-0.1, -0.05) is 84.7 Å². The first-order valence-corrected chi connectivity index (χ1v) is 19.3. The third-order valence-corrected chi connectivity index (χ3v) is 10.5. The summed E-state index contributed by atoms with van der Waals surface area (Å²) in [6.07, 6.45) is 4.81. The Morgan fingerprint density at radius 2 is 1.49 bits per heavy atom. The molecule has 296 valence electrons. The predicted molar refractivity (Wildman–Crippen MR) is 211 cm³/mol. The fourth-order valence-electron chi connectivity index (χ4n) is 7.39. The van der Waals surface area contributed by atoms with E-state index in [0.29, 0.717) is 12.4 Å². The number of methoxy groups -OCH3 is 2. The summed E-state index contributed by atoms with van der Waals surface area (Å²) in [4.78, 5) is 69.5. The van der Waals surface area contributed by atoms with Gasteiger partial charge >= 0.3 is 12.2 Å². The fraction of sp³-hybridized carbons (Fsp3) is 0.512. The van der Waals surface area contributed by atoms with Crippen LogP contribution in [0, 0.1) is 17.8 Å². The van der Waals surface area contributed by atoms with Crippen molar-refractivity contribution < 1.29 is 28.7 Å². The molecule has 1 fully saturated rings. The summed E-state index contributed by atoms with van der Waals surface area (Å²) in [5.74, 6) is 0.826. The molecule has 5 rings (SSSR count). The number of H-pyrrole nitrogens is 2. The van der Waals surface area contributed by atoms with Crippen LogP contribution in [0.5, 0.6) is 0 Å². The van der Waals surface area contributed by atoms with Crippen molar-refractivity contribution in [3.05, 3.63) is 60.3 Å². The van der Waals surface area contributed by atoms with Crippen LogP contribution in [-0.2, 0) is 19.1 Å². The van der Waals surface area contributed by atoms with Gasteiger partial charge in [0.15, 0.2) is 0 Å². The monoisotopic (exact) mass is 756 g/mol. The molecular weight excluding hydrogens is 701 g/mol. The van der Waals surface area contributed by atoms with Crippen LogP contribution in [0.4, 0.5) is 9.59 Å². The second kappa shape index (κ2) is 18.3. The number of hydrogen-bond donors (Lipinski definition) is 5. The molecule has 1 saturated heterocycles. The maximum Gasteiger partial charge on any atom is 0.407 e. The molecule has 0 saturated carbocycles. The van der Waals surface area contributed by atoms with Crippen molar-refractivity contribution in [2.75, 3.05) is 20.8 Å². The number of fused-ring (bicyclic) bond motifs is 1. The number of aromatic nitrogens is 4. The number of carbonyl (C=O) groups is 4. The van der Waals surface area contributed by atoms with E-state index in [4.69, 9.17) is 19.4 Å². The Labute approximate surface area is 322 Å². The molecule has 2 aromatic heterocycles. The van der Waals surface area contributed by atoms with Crippen molar-refractivity contribution in [1.82, 2.24) is 40.8 Å². The predicted octanol–water partition coefficient (Wildman–Crippen LogP) is 7.03. The highest BCUT2D eigenvalue weighted by Crippen LogP contribution is 2.34. The van der Waals surface area contributed by atoms with Crippen LogP contribution >= 0.6 is 0 Å². The topological polar surface area (TPSA) is 183 Å². The van der Waals surface area contributed by atoms with Crippen LogP contribution in [0.3, 0.4) is 0 Å². The molecule has 14 heteroatoms. The highest BCUT2D eigenvalue weighted by atomic mass is 16.5. The summed E-state index contributed by atoms with van der Waals surface area (Å²) in [5, 5.41) is 8.55. The smallest absolute Gasteiger partial charge is 0.407 e. The normalized spacial score (nSPS) is 16.5. The lowest BCUT2D eigenvalue weighted by molar-refractivity contribution is -0.135. The minimum atomic E-state index is -0.760. The summed E-state index contributed by atoms with van der Waals surface area (Å²) in [7, 11) is 2.57. The summed E-state index contributed by atoms with van der Waals surface area (Å²) >= 11 is 0. The lowest BCUT2D eigenvalue weighted by Gasteiger charge is -2.29. The Hall–Kier alpha value is -5.40. The highest BCUT2D eigenvalue weighted by molar-refractivity contribution is 5.87. The van der Waals surface area contributed by atoms with E-state index in [1.165, 1.54) is 14.2 Å². The van der Waals surface area contributed by atoms with Gasteiger partial charge in [-0.2, -0.15) is 0 Å². The van der Waals surface area contributed by atoms with Crippen molar-refractivity contribution in [2.24, 2.45) is 17.8 Å². The Bertz CT molecular complexity index is 1940. The number of nitrogens with zero attached hydrogens (tertiary/aromatic N) is 3. The van der Waals surface area contributed by atoms with Crippen molar-refractivity contribution in [3.8, 4) is 22.4 Å². The summed E-state index contributed by atoms with van der Waals surface area (Å²) in [6, 6.07) is 12.2. The molecule has 3 heterocycles. The molecule has 0 radical (unpaired) electrons. The zero-order valence-electron chi connectivity index (χ0n) is 33.2. The number of aromatic amines is 2. The number of rotatable bonds is 15. The van der Waals surface area contributed by atoms with Crippen molar-refractivity contribution in [1.29, 1.82) is 0 Å². The van der Waals surface area contributed by atoms with E-state index >= 15 is 0 Å². The van der Waals surface area contributed by atoms with Gasteiger partial charge in [-0.15, -0.1) is 0 Å². The molecule has 1 aliphatic rings. The molecule has 4 amide bonds. The van der Waals surface area contributed by atoms with Crippen LogP contribution in [0.15, 0.2) is 48.7 Å². The van der Waals surface area contributed by atoms with Gasteiger partial charge in [0, 0.05) is 6.54 Å².